The van der Waals surface area contributed by atoms with Crippen molar-refractivity contribution < 1.29 is 9.13 Å². The van der Waals surface area contributed by atoms with Crippen LogP contribution in [0.5, 0.6) is 0 Å². The summed E-state index contributed by atoms with van der Waals surface area (Å²) in [5.41, 5.74) is 0.281. The first-order valence-electron chi connectivity index (χ1n) is 6.07. The summed E-state index contributed by atoms with van der Waals surface area (Å²) in [5, 5.41) is 3.20. The van der Waals surface area contributed by atoms with Gasteiger partial charge in [-0.05, 0) is 0 Å². The number of halogens is 1. The van der Waals surface area contributed by atoms with Crippen molar-refractivity contribution in [1.82, 2.24) is 9.88 Å². The molecule has 1 saturated heterocycles. The molecule has 1 aliphatic rings. The highest BCUT2D eigenvalue weighted by Gasteiger charge is 2.16. The lowest BCUT2D eigenvalue weighted by atomic mass is 10.3. The van der Waals surface area contributed by atoms with Crippen molar-refractivity contribution in [1.29, 1.82) is 0 Å². The molecule has 0 amide bonds. The third kappa shape index (κ3) is 2.88. The van der Waals surface area contributed by atoms with E-state index in [0.29, 0.717) is 18.8 Å². The number of anilines is 1. The van der Waals surface area contributed by atoms with Crippen LogP contribution in [0, 0.1) is 5.82 Å². The fourth-order valence-electron chi connectivity index (χ4n) is 2.07. The minimum atomic E-state index is -0.390. The molecule has 2 rings (SSSR count). The van der Waals surface area contributed by atoms with E-state index in [1.807, 2.05) is 4.90 Å². The van der Waals surface area contributed by atoms with Gasteiger partial charge in [0, 0.05) is 52.1 Å². The zero-order chi connectivity index (χ0) is 13.0. The first kappa shape index (κ1) is 13.0. The van der Waals surface area contributed by atoms with Gasteiger partial charge < -0.3 is 19.5 Å². The van der Waals surface area contributed by atoms with Gasteiger partial charge in [0.25, 0.3) is 5.56 Å². The number of rotatable bonds is 4. The maximum Gasteiger partial charge on any atom is 0.274 e. The van der Waals surface area contributed by atoms with E-state index in [0.717, 1.165) is 26.2 Å². The van der Waals surface area contributed by atoms with E-state index in [4.69, 9.17) is 4.74 Å². The lowest BCUT2D eigenvalue weighted by Gasteiger charge is -2.29. The van der Waals surface area contributed by atoms with Crippen LogP contribution in [-0.4, -0.2) is 44.5 Å². The van der Waals surface area contributed by atoms with Gasteiger partial charge in [0.15, 0.2) is 0 Å². The molecule has 6 heteroatoms. The Hall–Kier alpha value is -1.40. The average Bonchev–Trinajstić information content (AvgIpc) is 2.40. The third-order valence-corrected chi connectivity index (χ3v) is 3.03. The molecule has 0 spiro atoms. The molecule has 100 valence electrons. The summed E-state index contributed by atoms with van der Waals surface area (Å²) < 4.78 is 19.8. The Morgan fingerprint density at radius 2 is 2.17 bits per heavy atom. The summed E-state index contributed by atoms with van der Waals surface area (Å²) >= 11 is 0. The number of pyridine rings is 1. The van der Waals surface area contributed by atoms with E-state index in [1.165, 1.54) is 16.8 Å². The minimum Gasteiger partial charge on any atom is -0.383 e. The van der Waals surface area contributed by atoms with Crippen molar-refractivity contribution in [3.05, 3.63) is 28.4 Å². The number of methoxy groups -OCH3 is 1. The molecule has 5 nitrogen and oxygen atoms in total. The molecule has 0 radical (unpaired) electrons. The summed E-state index contributed by atoms with van der Waals surface area (Å²) in [6.45, 7) is 3.84. The number of hydrogen-bond donors (Lipinski definition) is 1. The van der Waals surface area contributed by atoms with Crippen LogP contribution in [0.3, 0.4) is 0 Å². The first-order chi connectivity index (χ1) is 8.72. The molecule has 1 aliphatic heterocycles. The SMILES string of the molecule is COCCn1cc(F)cc(N2CCNCC2)c1=O. The highest BCUT2D eigenvalue weighted by atomic mass is 19.1. The molecule has 0 unspecified atom stereocenters. The molecule has 0 saturated carbocycles. The van der Waals surface area contributed by atoms with Gasteiger partial charge in [-0.15, -0.1) is 0 Å². The summed E-state index contributed by atoms with van der Waals surface area (Å²) in [7, 11) is 1.56. The predicted octanol–water partition coefficient (Wildman–Crippen LogP) is 0.0434. The lowest BCUT2D eigenvalue weighted by molar-refractivity contribution is 0.186. The van der Waals surface area contributed by atoms with Crippen LogP contribution >= 0.6 is 0 Å². The zero-order valence-electron chi connectivity index (χ0n) is 10.5. The molecule has 18 heavy (non-hydrogen) atoms. The van der Waals surface area contributed by atoms with E-state index < -0.39 is 0 Å². The van der Waals surface area contributed by atoms with Gasteiger partial charge in [0.05, 0.1) is 6.61 Å². The van der Waals surface area contributed by atoms with Gasteiger partial charge in [-0.25, -0.2) is 4.39 Å². The number of ether oxygens (including phenoxy) is 1. The summed E-state index contributed by atoms with van der Waals surface area (Å²) in [5.74, 6) is -0.390. The van der Waals surface area contributed by atoms with E-state index in [2.05, 4.69) is 5.32 Å². The van der Waals surface area contributed by atoms with E-state index in [9.17, 15) is 9.18 Å². The second kappa shape index (κ2) is 5.97. The molecule has 1 aromatic heterocycles. The fourth-order valence-corrected chi connectivity index (χ4v) is 2.07. The topological polar surface area (TPSA) is 46.5 Å². The van der Waals surface area contributed by atoms with Crippen LogP contribution in [0.1, 0.15) is 0 Å². The van der Waals surface area contributed by atoms with E-state index in [1.54, 1.807) is 7.11 Å². The molecule has 1 fully saturated rings. The maximum atomic E-state index is 13.5. The van der Waals surface area contributed by atoms with Crippen LogP contribution in [-0.2, 0) is 11.3 Å². The van der Waals surface area contributed by atoms with Crippen molar-refractivity contribution >= 4 is 5.69 Å². The Morgan fingerprint density at radius 3 is 2.83 bits per heavy atom. The minimum absolute atomic E-state index is 0.157. The number of piperazine rings is 1. The number of nitrogens with one attached hydrogen (secondary N) is 1. The molecular formula is C12H18FN3O2. The van der Waals surface area contributed by atoms with Gasteiger partial charge in [-0.1, -0.05) is 0 Å². The molecule has 0 bridgehead atoms. The number of hydrogen-bond acceptors (Lipinski definition) is 4. The second-order valence-electron chi connectivity index (χ2n) is 4.27. The standard InChI is InChI=1S/C12H18FN3O2/c1-18-7-6-16-9-10(13)8-11(12(16)17)15-4-2-14-3-5-15/h8-9,14H,2-7H2,1H3. The largest absolute Gasteiger partial charge is 0.383 e. The molecule has 1 aromatic rings. The van der Waals surface area contributed by atoms with Crippen molar-refractivity contribution in [2.75, 3.05) is 44.8 Å². The average molecular weight is 255 g/mol. The highest BCUT2D eigenvalue weighted by molar-refractivity contribution is 5.45. The Kier molecular flexibility index (Phi) is 4.33. The van der Waals surface area contributed by atoms with Crippen LogP contribution in [0.2, 0.25) is 0 Å². The van der Waals surface area contributed by atoms with Gasteiger partial charge in [0.2, 0.25) is 0 Å². The lowest BCUT2D eigenvalue weighted by Crippen LogP contribution is -2.46. The molecule has 1 N–H and O–H groups in total. The highest BCUT2D eigenvalue weighted by Crippen LogP contribution is 2.11. The summed E-state index contributed by atoms with van der Waals surface area (Å²) in [4.78, 5) is 14.1. The third-order valence-electron chi connectivity index (χ3n) is 3.03. The molecular weight excluding hydrogens is 237 g/mol. The molecule has 0 aromatic carbocycles. The van der Waals surface area contributed by atoms with Gasteiger partial charge >= 0.3 is 0 Å². The maximum absolute atomic E-state index is 13.5. The number of aromatic nitrogens is 1. The zero-order valence-corrected chi connectivity index (χ0v) is 10.5. The number of nitrogens with zero attached hydrogens (tertiary/aromatic N) is 2. The van der Waals surface area contributed by atoms with Gasteiger partial charge in [-0.2, -0.15) is 0 Å². The Balaban J connectivity index is 2.28. The van der Waals surface area contributed by atoms with Crippen LogP contribution in [0.4, 0.5) is 10.1 Å². The van der Waals surface area contributed by atoms with Crippen molar-refractivity contribution in [3.8, 4) is 0 Å². The van der Waals surface area contributed by atoms with Gasteiger partial charge in [-0.3, -0.25) is 4.79 Å². The van der Waals surface area contributed by atoms with E-state index in [-0.39, 0.29) is 11.4 Å². The van der Waals surface area contributed by atoms with Crippen LogP contribution in [0.25, 0.3) is 0 Å². The molecule has 2 heterocycles. The second-order valence-corrected chi connectivity index (χ2v) is 4.27. The van der Waals surface area contributed by atoms with Crippen LogP contribution in [0.15, 0.2) is 17.1 Å². The van der Waals surface area contributed by atoms with Crippen molar-refractivity contribution in [2.45, 2.75) is 6.54 Å². The monoisotopic (exact) mass is 255 g/mol. The Bertz CT molecular complexity index is 455. The molecule has 0 atom stereocenters. The Morgan fingerprint density at radius 1 is 1.44 bits per heavy atom. The molecule has 0 aliphatic carbocycles. The predicted molar refractivity (Wildman–Crippen MR) is 67.6 cm³/mol. The summed E-state index contributed by atoms with van der Waals surface area (Å²) in [6, 6.07) is 1.32. The fraction of sp³-hybridized carbons (Fsp3) is 0.583. The first-order valence-corrected chi connectivity index (χ1v) is 6.07. The van der Waals surface area contributed by atoms with Crippen LogP contribution < -0.4 is 15.8 Å². The van der Waals surface area contributed by atoms with Crippen molar-refractivity contribution in [3.63, 3.8) is 0 Å². The van der Waals surface area contributed by atoms with Gasteiger partial charge in [0.1, 0.15) is 11.5 Å². The normalized spacial score (nSPS) is 16.0. The Labute approximate surface area is 105 Å². The van der Waals surface area contributed by atoms with E-state index >= 15 is 0 Å². The van der Waals surface area contributed by atoms with Crippen molar-refractivity contribution in [2.24, 2.45) is 0 Å². The summed E-state index contributed by atoms with van der Waals surface area (Å²) in [6.07, 6.45) is 1.23. The smallest absolute Gasteiger partial charge is 0.274 e. The quantitative estimate of drug-likeness (QED) is 0.825.